The van der Waals surface area contributed by atoms with Crippen molar-refractivity contribution in [2.75, 3.05) is 13.2 Å². The molecule has 6 rings (SSSR count). The third kappa shape index (κ3) is 8.07. The van der Waals surface area contributed by atoms with Gasteiger partial charge in [0.2, 0.25) is 0 Å². The highest BCUT2D eigenvalue weighted by Crippen LogP contribution is 2.44. The van der Waals surface area contributed by atoms with Crippen LogP contribution in [0.15, 0.2) is 0 Å². The highest BCUT2D eigenvalue weighted by Gasteiger charge is 2.57. The van der Waals surface area contributed by atoms with Crippen molar-refractivity contribution in [2.24, 2.45) is 11.8 Å². The van der Waals surface area contributed by atoms with Crippen LogP contribution in [0.5, 0.6) is 0 Å². The Kier molecular flexibility index (Phi) is 11.8. The van der Waals surface area contributed by atoms with Crippen molar-refractivity contribution in [1.29, 1.82) is 0 Å². The molecule has 49 heavy (non-hydrogen) atoms. The zero-order valence-electron chi connectivity index (χ0n) is 26.8. The van der Waals surface area contributed by atoms with Crippen molar-refractivity contribution in [3.8, 4) is 0 Å². The van der Waals surface area contributed by atoms with Crippen LogP contribution in [-0.4, -0.2) is 180 Å². The number of hydrogen-bond acceptors (Lipinski definition) is 17. The van der Waals surface area contributed by atoms with E-state index < -0.39 is 136 Å². The standard InChI is InChI=1S/C31H48O18/c32-12-3-1-11(2-4-12)15-8-18-22-16(45-15)5-13(33)6-17(22)46-30-27(40)26(39)24(37)20(49-30)10-44-29(42)14(34)7-21(35)43-9-19-23(36)25(38)28(41)31(47-18)48-19/h11-20,22-28,30-34,36-41H,1-10H2/p+1/t11?,12?,13?,14-,15?,16?,17?,18?,19+,20+,22?,23+,24+,25-,26-,27+,28+,30+,31+/m0/s1. The van der Waals surface area contributed by atoms with E-state index in [0.717, 1.165) is 0 Å². The number of rotatable bonds is 1. The molecule has 2 aliphatic carbocycles. The number of cyclic esters (lactones) is 2. The third-order valence-electron chi connectivity index (χ3n) is 10.8. The van der Waals surface area contributed by atoms with Gasteiger partial charge in [0, 0.05) is 25.2 Å². The SMILES string of the molecule is O=C1C[C@H](O)C(=O)OC[C@H]2O[C@@H](OC3CC(O)CC4[OH+]C(C5CCC(O)CC5)CC(O[C@@H]5O[C@H](CO1)[C@@H](O)[C@H](O)[C@H]5O)C34)[C@H](O)[C@@H](O)[C@@H]2O. The summed E-state index contributed by atoms with van der Waals surface area (Å²) in [7, 11) is 0. The molecule has 6 aliphatic rings. The Morgan fingerprint density at radius 1 is 0.531 bits per heavy atom. The maximum atomic E-state index is 12.5. The smallest absolute Gasteiger partial charge is 0.335 e. The highest BCUT2D eigenvalue weighted by atomic mass is 16.7. The predicted octanol–water partition coefficient (Wildman–Crippen LogP) is -4.79. The van der Waals surface area contributed by atoms with Crippen molar-refractivity contribution < 1.29 is 88.7 Å². The van der Waals surface area contributed by atoms with Gasteiger partial charge in [-0.25, -0.2) is 4.79 Å². The van der Waals surface area contributed by atoms with Crippen LogP contribution in [0.2, 0.25) is 0 Å². The lowest BCUT2D eigenvalue weighted by atomic mass is 9.72. The molecule has 0 aromatic rings. The van der Waals surface area contributed by atoms with E-state index in [1.165, 1.54) is 0 Å². The van der Waals surface area contributed by atoms with Crippen LogP contribution in [0.1, 0.15) is 51.4 Å². The summed E-state index contributed by atoms with van der Waals surface area (Å²) in [6.07, 6.45) is -20.2. The second-order valence-corrected chi connectivity index (χ2v) is 14.2. The quantitative estimate of drug-likeness (QED) is 0.0912. The summed E-state index contributed by atoms with van der Waals surface area (Å²) in [6.45, 7) is -1.34. The zero-order chi connectivity index (χ0) is 35.1. The molecule has 10 N–H and O–H groups in total. The molecular formula is C31H49O18+. The van der Waals surface area contributed by atoms with Crippen LogP contribution in [-0.2, 0) is 38.0 Å². The Bertz CT molecular complexity index is 1140. The number of carbonyl (C=O) groups is 2. The van der Waals surface area contributed by atoms with Crippen molar-refractivity contribution in [3.05, 3.63) is 0 Å². The first-order valence-electron chi connectivity index (χ1n) is 17.1. The number of esters is 2. The van der Waals surface area contributed by atoms with Crippen molar-refractivity contribution >= 4 is 11.9 Å². The first-order chi connectivity index (χ1) is 23.3. The number of aliphatic hydroxyl groups excluding tert-OH is 9. The molecule has 17 atom stereocenters. The van der Waals surface area contributed by atoms with Crippen LogP contribution in [0, 0.1) is 11.8 Å². The minimum absolute atomic E-state index is 0.0158. The van der Waals surface area contributed by atoms with Crippen LogP contribution in [0.3, 0.4) is 0 Å². The fourth-order valence-corrected chi connectivity index (χ4v) is 8.06. The Morgan fingerprint density at radius 2 is 1.06 bits per heavy atom. The van der Waals surface area contributed by atoms with Gasteiger partial charge in [-0.05, 0) is 25.7 Å². The summed E-state index contributed by atoms with van der Waals surface area (Å²) in [4.78, 5) is 24.9. The van der Waals surface area contributed by atoms with Gasteiger partial charge in [0.05, 0.1) is 36.8 Å². The molecule has 4 heterocycles. The van der Waals surface area contributed by atoms with Gasteiger partial charge < -0.3 is 79.1 Å². The van der Waals surface area contributed by atoms with E-state index in [2.05, 4.69) is 0 Å². The summed E-state index contributed by atoms with van der Waals surface area (Å²) in [6, 6.07) is 0. The molecule has 2 saturated carbocycles. The fraction of sp³-hybridized carbons (Fsp3) is 0.935. The van der Waals surface area contributed by atoms with E-state index in [9.17, 15) is 55.5 Å². The van der Waals surface area contributed by atoms with Crippen LogP contribution in [0.4, 0.5) is 0 Å². The largest absolute Gasteiger partial charge is 0.463 e. The maximum absolute atomic E-state index is 12.5. The molecule has 280 valence electrons. The van der Waals surface area contributed by atoms with E-state index in [1.54, 1.807) is 0 Å². The fourth-order valence-electron chi connectivity index (χ4n) is 8.06. The van der Waals surface area contributed by atoms with E-state index in [-0.39, 0.29) is 31.3 Å². The lowest BCUT2D eigenvalue weighted by molar-refractivity contribution is -0.366. The van der Waals surface area contributed by atoms with Gasteiger partial charge in [0.25, 0.3) is 0 Å². The molecule has 0 spiro atoms. The van der Waals surface area contributed by atoms with E-state index in [1.807, 2.05) is 0 Å². The van der Waals surface area contributed by atoms with Crippen molar-refractivity contribution in [3.63, 3.8) is 0 Å². The second kappa shape index (κ2) is 15.5. The molecule has 18 nitrogen and oxygen atoms in total. The number of aliphatic hydroxyl groups is 11. The third-order valence-corrected chi connectivity index (χ3v) is 10.8. The average molecular weight is 710 g/mol. The second-order valence-electron chi connectivity index (χ2n) is 14.2. The van der Waals surface area contributed by atoms with Gasteiger partial charge in [-0.1, -0.05) is 0 Å². The molecule has 0 amide bonds. The van der Waals surface area contributed by atoms with Gasteiger partial charge >= 0.3 is 11.9 Å². The molecular weight excluding hydrogens is 660 g/mol. The van der Waals surface area contributed by atoms with Gasteiger partial charge in [0.1, 0.15) is 62.0 Å². The molecule has 6 fully saturated rings. The van der Waals surface area contributed by atoms with Gasteiger partial charge in [-0.3, -0.25) is 4.79 Å². The van der Waals surface area contributed by atoms with Gasteiger partial charge in [-0.15, -0.1) is 0 Å². The molecule has 18 heteroatoms. The monoisotopic (exact) mass is 709 g/mol. The Hall–Kier alpha value is -1.62. The first kappa shape index (κ1) is 37.1. The minimum atomic E-state index is -2.01. The normalized spacial score (nSPS) is 52.0. The van der Waals surface area contributed by atoms with Crippen LogP contribution in [0.25, 0.3) is 0 Å². The maximum Gasteiger partial charge on any atom is 0.335 e. The van der Waals surface area contributed by atoms with Crippen LogP contribution >= 0.6 is 0 Å². The molecule has 4 bridgehead atoms. The lowest BCUT2D eigenvalue weighted by Crippen LogP contribution is -2.64. The summed E-state index contributed by atoms with van der Waals surface area (Å²) in [5, 5.41) is 95.8. The molecule has 0 aromatic heterocycles. The lowest BCUT2D eigenvalue weighted by Gasteiger charge is -2.50. The number of hydrogen-bond donors (Lipinski definition) is 9. The highest BCUT2D eigenvalue weighted by molar-refractivity contribution is 5.81. The summed E-state index contributed by atoms with van der Waals surface area (Å²) in [5.74, 6) is -2.94. The summed E-state index contributed by atoms with van der Waals surface area (Å²) in [5.41, 5.74) is 0. The molecule has 0 radical (unpaired) electrons. The van der Waals surface area contributed by atoms with Gasteiger partial charge in [-0.2, -0.15) is 0 Å². The number of ether oxygens (including phenoxy) is 7. The summed E-state index contributed by atoms with van der Waals surface area (Å²) >= 11 is 0. The Morgan fingerprint density at radius 3 is 1.65 bits per heavy atom. The first-order valence-corrected chi connectivity index (χ1v) is 17.1. The van der Waals surface area contributed by atoms with E-state index >= 15 is 0 Å². The van der Waals surface area contributed by atoms with Crippen LogP contribution < -0.4 is 0 Å². The topological polar surface area (TPSA) is 284 Å². The number of carbonyl (C=O) groups excluding carboxylic acids is 2. The van der Waals surface area contributed by atoms with Gasteiger partial charge in [0.15, 0.2) is 30.9 Å². The predicted molar refractivity (Wildman–Crippen MR) is 157 cm³/mol. The summed E-state index contributed by atoms with van der Waals surface area (Å²) < 4.78 is 39.5. The number of fused-ring (bicyclic) bond motifs is 4. The molecule has 4 aliphatic heterocycles. The Labute approximate surface area is 281 Å². The molecule has 0 aromatic carbocycles. The molecule has 6 unspecified atom stereocenters. The minimum Gasteiger partial charge on any atom is -0.463 e. The van der Waals surface area contributed by atoms with Crippen molar-refractivity contribution in [1.82, 2.24) is 0 Å². The molecule has 4 saturated heterocycles. The van der Waals surface area contributed by atoms with E-state index in [0.29, 0.717) is 25.7 Å². The van der Waals surface area contributed by atoms with E-state index in [4.69, 9.17) is 33.2 Å². The van der Waals surface area contributed by atoms with Crippen molar-refractivity contribution in [2.45, 2.75) is 156 Å². The zero-order valence-corrected chi connectivity index (χ0v) is 26.8. The average Bonchev–Trinajstić information content (AvgIpc) is 3.06. The Balaban J connectivity index is 1.32.